The molecular weight excluding hydrogens is 270 g/mol. The molecule has 21 heavy (non-hydrogen) atoms. The normalized spacial score (nSPS) is 10.3. The number of nitrogens with zero attached hydrogens (tertiary/aromatic N) is 2. The number of aromatic nitrogens is 1. The van der Waals surface area contributed by atoms with Crippen molar-refractivity contribution in [2.45, 2.75) is 20.1 Å². The van der Waals surface area contributed by atoms with Crippen LogP contribution in [0.15, 0.2) is 42.7 Å². The molecule has 0 atom stereocenters. The number of rotatable bonds is 7. The second-order valence-corrected chi connectivity index (χ2v) is 4.49. The van der Waals surface area contributed by atoms with Crippen molar-refractivity contribution < 1.29 is 9.66 Å². The number of benzene rings is 1. The van der Waals surface area contributed by atoms with Gasteiger partial charge in [0.2, 0.25) is 0 Å². The third-order valence-corrected chi connectivity index (χ3v) is 2.92. The summed E-state index contributed by atoms with van der Waals surface area (Å²) in [5, 5.41) is 14.3. The van der Waals surface area contributed by atoms with Crippen molar-refractivity contribution >= 4 is 5.69 Å². The van der Waals surface area contributed by atoms with E-state index in [1.807, 2.05) is 19.1 Å². The van der Waals surface area contributed by atoms with Crippen molar-refractivity contribution in [2.24, 2.45) is 0 Å². The number of nitro benzene ring substituents is 1. The Kier molecular flexibility index (Phi) is 5.22. The lowest BCUT2D eigenvalue weighted by atomic mass is 10.2. The maximum Gasteiger partial charge on any atom is 0.311 e. The van der Waals surface area contributed by atoms with Crippen LogP contribution in [0.5, 0.6) is 5.75 Å². The lowest BCUT2D eigenvalue weighted by molar-refractivity contribution is -0.386. The number of hydrogen-bond acceptors (Lipinski definition) is 5. The van der Waals surface area contributed by atoms with Crippen LogP contribution < -0.4 is 10.1 Å². The molecule has 0 unspecified atom stereocenters. The molecule has 0 radical (unpaired) electrons. The van der Waals surface area contributed by atoms with Gasteiger partial charge >= 0.3 is 5.69 Å². The molecular formula is C15H17N3O3. The number of hydrogen-bond donors (Lipinski definition) is 1. The summed E-state index contributed by atoms with van der Waals surface area (Å²) in [6, 6.07) is 8.67. The summed E-state index contributed by atoms with van der Waals surface area (Å²) in [5.41, 5.74) is 1.70. The summed E-state index contributed by atoms with van der Waals surface area (Å²) >= 11 is 0. The first kappa shape index (κ1) is 14.9. The van der Waals surface area contributed by atoms with Crippen LogP contribution in [0, 0.1) is 10.1 Å². The summed E-state index contributed by atoms with van der Waals surface area (Å²) in [6.07, 6.45) is 3.34. The highest BCUT2D eigenvalue weighted by Gasteiger charge is 2.16. The zero-order chi connectivity index (χ0) is 15.1. The van der Waals surface area contributed by atoms with Crippen LogP contribution in [0.4, 0.5) is 5.69 Å². The van der Waals surface area contributed by atoms with E-state index in [2.05, 4.69) is 10.3 Å². The van der Waals surface area contributed by atoms with Gasteiger partial charge in [-0.05, 0) is 24.2 Å². The van der Waals surface area contributed by atoms with Gasteiger partial charge in [0.25, 0.3) is 0 Å². The minimum absolute atomic E-state index is 0.0192. The Labute approximate surface area is 122 Å². The molecule has 1 heterocycles. The molecule has 0 saturated carbocycles. The zero-order valence-electron chi connectivity index (χ0n) is 11.8. The molecule has 0 aliphatic carbocycles. The Morgan fingerprint density at radius 1 is 1.33 bits per heavy atom. The molecule has 2 aromatic rings. The largest absolute Gasteiger partial charge is 0.482 e. The van der Waals surface area contributed by atoms with Crippen molar-refractivity contribution in [1.29, 1.82) is 0 Å². The third kappa shape index (κ3) is 4.25. The van der Waals surface area contributed by atoms with Gasteiger partial charge < -0.3 is 10.1 Å². The predicted octanol–water partition coefficient (Wildman–Crippen LogP) is 2.68. The van der Waals surface area contributed by atoms with Gasteiger partial charge in [0, 0.05) is 30.6 Å². The highest BCUT2D eigenvalue weighted by Crippen LogP contribution is 2.28. The summed E-state index contributed by atoms with van der Waals surface area (Å²) in [6.45, 7) is 3.65. The second kappa shape index (κ2) is 7.35. The van der Waals surface area contributed by atoms with Crippen molar-refractivity contribution in [3.05, 3.63) is 64.0 Å². The predicted molar refractivity (Wildman–Crippen MR) is 79.0 cm³/mol. The van der Waals surface area contributed by atoms with Crippen LogP contribution in [0.3, 0.4) is 0 Å². The van der Waals surface area contributed by atoms with Gasteiger partial charge in [0.15, 0.2) is 5.75 Å². The topological polar surface area (TPSA) is 77.3 Å². The van der Waals surface area contributed by atoms with Gasteiger partial charge in [-0.3, -0.25) is 15.1 Å². The molecule has 2 rings (SSSR count). The van der Waals surface area contributed by atoms with E-state index >= 15 is 0 Å². The lowest BCUT2D eigenvalue weighted by Crippen LogP contribution is -2.12. The van der Waals surface area contributed by atoms with Gasteiger partial charge in [-0.25, -0.2) is 0 Å². The van der Waals surface area contributed by atoms with Gasteiger partial charge in [-0.1, -0.05) is 19.1 Å². The van der Waals surface area contributed by atoms with Crippen molar-refractivity contribution in [2.75, 3.05) is 6.54 Å². The van der Waals surface area contributed by atoms with Crippen LogP contribution >= 0.6 is 0 Å². The molecule has 0 fully saturated rings. The quantitative estimate of drug-likeness (QED) is 0.625. The van der Waals surface area contributed by atoms with Crippen LogP contribution in [0.1, 0.15) is 18.1 Å². The van der Waals surface area contributed by atoms with Crippen LogP contribution in [-0.2, 0) is 13.2 Å². The average Bonchev–Trinajstić information content (AvgIpc) is 2.52. The van der Waals surface area contributed by atoms with Crippen LogP contribution in [0.2, 0.25) is 0 Å². The Morgan fingerprint density at radius 2 is 2.19 bits per heavy atom. The van der Waals surface area contributed by atoms with E-state index in [4.69, 9.17) is 4.74 Å². The Morgan fingerprint density at radius 3 is 2.86 bits per heavy atom. The first-order valence-electron chi connectivity index (χ1n) is 6.70. The highest BCUT2D eigenvalue weighted by atomic mass is 16.6. The molecule has 1 aromatic carbocycles. The molecule has 0 aliphatic rings. The molecule has 0 aliphatic heterocycles. The standard InChI is InChI=1S/C15H17N3O3/c1-2-16-9-12-5-6-15(14(8-12)18(19)20)21-11-13-4-3-7-17-10-13/h3-8,10,16H,2,9,11H2,1H3. The van der Waals surface area contributed by atoms with E-state index in [0.717, 1.165) is 17.7 Å². The summed E-state index contributed by atoms with van der Waals surface area (Å²) in [5.74, 6) is 0.268. The van der Waals surface area contributed by atoms with Crippen molar-refractivity contribution in [3.8, 4) is 5.75 Å². The Hall–Kier alpha value is -2.47. The highest BCUT2D eigenvalue weighted by molar-refractivity contribution is 5.48. The molecule has 0 amide bonds. The summed E-state index contributed by atoms with van der Waals surface area (Å²) in [7, 11) is 0. The number of ether oxygens (including phenoxy) is 1. The number of pyridine rings is 1. The van der Waals surface area contributed by atoms with Crippen LogP contribution in [-0.4, -0.2) is 16.5 Å². The van der Waals surface area contributed by atoms with E-state index in [-0.39, 0.29) is 18.0 Å². The summed E-state index contributed by atoms with van der Waals surface area (Å²) in [4.78, 5) is 14.7. The minimum atomic E-state index is -0.423. The van der Waals surface area contributed by atoms with Crippen molar-refractivity contribution in [3.63, 3.8) is 0 Å². The first-order valence-corrected chi connectivity index (χ1v) is 6.70. The molecule has 6 nitrogen and oxygen atoms in total. The summed E-state index contributed by atoms with van der Waals surface area (Å²) < 4.78 is 5.54. The molecule has 1 aromatic heterocycles. The van der Waals surface area contributed by atoms with Crippen molar-refractivity contribution in [1.82, 2.24) is 10.3 Å². The molecule has 0 spiro atoms. The first-order chi connectivity index (χ1) is 10.2. The molecule has 6 heteroatoms. The third-order valence-electron chi connectivity index (χ3n) is 2.92. The fraction of sp³-hybridized carbons (Fsp3) is 0.267. The maximum absolute atomic E-state index is 11.2. The zero-order valence-corrected chi connectivity index (χ0v) is 11.8. The van der Waals surface area contributed by atoms with Gasteiger partial charge in [0.05, 0.1) is 4.92 Å². The molecule has 110 valence electrons. The monoisotopic (exact) mass is 287 g/mol. The second-order valence-electron chi connectivity index (χ2n) is 4.49. The van der Waals surface area contributed by atoms with Gasteiger partial charge in [-0.2, -0.15) is 0 Å². The molecule has 0 bridgehead atoms. The molecule has 1 N–H and O–H groups in total. The van der Waals surface area contributed by atoms with Crippen LogP contribution in [0.25, 0.3) is 0 Å². The van der Waals surface area contributed by atoms with E-state index in [1.54, 1.807) is 30.6 Å². The maximum atomic E-state index is 11.2. The molecule has 0 saturated heterocycles. The van der Waals surface area contributed by atoms with E-state index < -0.39 is 4.92 Å². The number of nitrogens with one attached hydrogen (secondary N) is 1. The van der Waals surface area contributed by atoms with Gasteiger partial charge in [-0.15, -0.1) is 0 Å². The lowest BCUT2D eigenvalue weighted by Gasteiger charge is -2.08. The Balaban J connectivity index is 2.12. The fourth-order valence-corrected chi connectivity index (χ4v) is 1.85. The van der Waals surface area contributed by atoms with E-state index in [9.17, 15) is 10.1 Å². The fourth-order valence-electron chi connectivity index (χ4n) is 1.85. The average molecular weight is 287 g/mol. The Bertz CT molecular complexity index is 602. The minimum Gasteiger partial charge on any atom is -0.482 e. The number of nitro groups is 1. The SMILES string of the molecule is CCNCc1ccc(OCc2cccnc2)c([N+](=O)[O-])c1. The van der Waals surface area contributed by atoms with E-state index in [1.165, 1.54) is 0 Å². The van der Waals surface area contributed by atoms with E-state index in [0.29, 0.717) is 6.54 Å². The van der Waals surface area contributed by atoms with Gasteiger partial charge in [0.1, 0.15) is 6.61 Å². The smallest absolute Gasteiger partial charge is 0.311 e.